The van der Waals surface area contributed by atoms with Gasteiger partial charge in [-0.3, -0.25) is 4.90 Å². The number of hydrogen-bond donors (Lipinski definition) is 2. The van der Waals surface area contributed by atoms with Crippen molar-refractivity contribution >= 4 is 23.4 Å². The molecule has 35 heavy (non-hydrogen) atoms. The zero-order valence-electron chi connectivity index (χ0n) is 20.6. The Kier molecular flexibility index (Phi) is 9.42. The minimum Gasteiger partial charge on any atom is -0.494 e. The topological polar surface area (TPSA) is 80.8 Å². The summed E-state index contributed by atoms with van der Waals surface area (Å²) in [5, 5.41) is 6.71. The van der Waals surface area contributed by atoms with E-state index in [9.17, 15) is 0 Å². The second kappa shape index (κ2) is 13.2. The highest BCUT2D eigenvalue weighted by Gasteiger charge is 2.11. The SMILES string of the molecule is COc1ccc(CNc2nsnc2NCCCOc2cccc(CN3CCCCC3)c2)cc1OC. The van der Waals surface area contributed by atoms with Gasteiger partial charge in [-0.25, -0.2) is 0 Å². The maximum Gasteiger partial charge on any atom is 0.184 e. The van der Waals surface area contributed by atoms with Crippen LogP contribution in [-0.2, 0) is 13.1 Å². The van der Waals surface area contributed by atoms with Gasteiger partial charge in [-0.1, -0.05) is 24.6 Å². The van der Waals surface area contributed by atoms with E-state index in [1.807, 2.05) is 24.3 Å². The van der Waals surface area contributed by atoms with Gasteiger partial charge >= 0.3 is 0 Å². The Balaban J connectivity index is 1.18. The number of likely N-dealkylation sites (tertiary alicyclic amines) is 1. The maximum atomic E-state index is 6.00. The van der Waals surface area contributed by atoms with Crippen LogP contribution in [0.1, 0.15) is 36.8 Å². The Morgan fingerprint density at radius 1 is 0.886 bits per heavy atom. The van der Waals surface area contributed by atoms with Crippen molar-refractivity contribution in [1.82, 2.24) is 13.6 Å². The summed E-state index contributed by atoms with van der Waals surface area (Å²) >= 11 is 1.19. The highest BCUT2D eigenvalue weighted by Crippen LogP contribution is 2.28. The van der Waals surface area contributed by atoms with Gasteiger partial charge in [-0.15, -0.1) is 0 Å². The first-order chi connectivity index (χ1) is 17.2. The molecule has 0 aliphatic carbocycles. The molecule has 0 spiro atoms. The predicted octanol–water partition coefficient (Wildman–Crippen LogP) is 5.03. The van der Waals surface area contributed by atoms with Crippen LogP contribution in [0.15, 0.2) is 42.5 Å². The molecule has 4 rings (SSSR count). The van der Waals surface area contributed by atoms with E-state index in [-0.39, 0.29) is 0 Å². The van der Waals surface area contributed by atoms with Crippen LogP contribution in [0.4, 0.5) is 11.6 Å². The average Bonchev–Trinajstić information content (AvgIpc) is 3.35. The Morgan fingerprint density at radius 3 is 2.49 bits per heavy atom. The van der Waals surface area contributed by atoms with Gasteiger partial charge in [0.05, 0.1) is 32.6 Å². The monoisotopic (exact) mass is 497 g/mol. The summed E-state index contributed by atoms with van der Waals surface area (Å²) in [6.07, 6.45) is 4.85. The number of piperidine rings is 1. The number of methoxy groups -OCH3 is 2. The zero-order valence-corrected chi connectivity index (χ0v) is 21.4. The number of hydrogen-bond acceptors (Lipinski definition) is 9. The van der Waals surface area contributed by atoms with Crippen LogP contribution in [0.5, 0.6) is 17.2 Å². The fraction of sp³-hybridized carbons (Fsp3) is 0.462. The van der Waals surface area contributed by atoms with Crippen LogP contribution >= 0.6 is 11.7 Å². The van der Waals surface area contributed by atoms with Crippen LogP contribution in [0.3, 0.4) is 0 Å². The van der Waals surface area contributed by atoms with E-state index in [1.165, 1.54) is 49.6 Å². The van der Waals surface area contributed by atoms with Crippen LogP contribution < -0.4 is 24.8 Å². The maximum absolute atomic E-state index is 6.00. The van der Waals surface area contributed by atoms with E-state index in [2.05, 4.69) is 42.5 Å². The van der Waals surface area contributed by atoms with Crippen LogP contribution in [0.2, 0.25) is 0 Å². The van der Waals surface area contributed by atoms with Gasteiger partial charge in [0.15, 0.2) is 23.1 Å². The molecule has 0 radical (unpaired) electrons. The molecule has 1 saturated heterocycles. The molecule has 2 heterocycles. The van der Waals surface area contributed by atoms with Crippen molar-refractivity contribution in [3.8, 4) is 17.2 Å². The Bertz CT molecular complexity index is 1050. The lowest BCUT2D eigenvalue weighted by atomic mass is 10.1. The number of ether oxygens (including phenoxy) is 3. The van der Waals surface area contributed by atoms with E-state index >= 15 is 0 Å². The summed E-state index contributed by atoms with van der Waals surface area (Å²) in [6, 6.07) is 14.3. The minimum atomic E-state index is 0.608. The number of nitrogens with one attached hydrogen (secondary N) is 2. The van der Waals surface area contributed by atoms with Gasteiger partial charge in [0.2, 0.25) is 0 Å². The van der Waals surface area contributed by atoms with Crippen molar-refractivity contribution < 1.29 is 14.2 Å². The molecule has 2 N–H and O–H groups in total. The summed E-state index contributed by atoms with van der Waals surface area (Å²) < 4.78 is 25.4. The summed E-state index contributed by atoms with van der Waals surface area (Å²) in [5.74, 6) is 3.87. The third-order valence-electron chi connectivity index (χ3n) is 6.03. The van der Waals surface area contributed by atoms with Crippen molar-refractivity contribution in [3.05, 3.63) is 53.6 Å². The summed E-state index contributed by atoms with van der Waals surface area (Å²) in [7, 11) is 3.27. The predicted molar refractivity (Wildman–Crippen MR) is 141 cm³/mol. The van der Waals surface area contributed by atoms with Crippen LogP contribution in [0.25, 0.3) is 0 Å². The van der Waals surface area contributed by atoms with Crippen molar-refractivity contribution in [2.24, 2.45) is 0 Å². The van der Waals surface area contributed by atoms with Crippen molar-refractivity contribution in [2.75, 3.05) is 51.1 Å². The molecule has 1 aliphatic rings. The quantitative estimate of drug-likeness (QED) is 0.318. The zero-order chi connectivity index (χ0) is 24.3. The highest BCUT2D eigenvalue weighted by atomic mass is 32.1. The van der Waals surface area contributed by atoms with Gasteiger partial charge < -0.3 is 24.8 Å². The van der Waals surface area contributed by atoms with Gasteiger partial charge in [-0.05, 0) is 67.7 Å². The molecule has 3 aromatic rings. The smallest absolute Gasteiger partial charge is 0.184 e. The molecule has 0 unspecified atom stereocenters. The van der Waals surface area contributed by atoms with E-state index in [0.717, 1.165) is 42.5 Å². The van der Waals surface area contributed by atoms with Crippen LogP contribution in [-0.4, -0.2) is 54.1 Å². The first-order valence-corrected chi connectivity index (χ1v) is 12.9. The lowest BCUT2D eigenvalue weighted by molar-refractivity contribution is 0.220. The molecule has 0 amide bonds. The van der Waals surface area contributed by atoms with Crippen molar-refractivity contribution in [1.29, 1.82) is 0 Å². The second-order valence-corrected chi connectivity index (χ2v) is 9.15. The molecular weight excluding hydrogens is 462 g/mol. The first-order valence-electron chi connectivity index (χ1n) is 12.2. The third-order valence-corrected chi connectivity index (χ3v) is 6.56. The molecule has 8 nitrogen and oxygen atoms in total. The Labute approximate surface area is 211 Å². The summed E-state index contributed by atoms with van der Waals surface area (Å²) in [4.78, 5) is 2.53. The third kappa shape index (κ3) is 7.47. The Morgan fingerprint density at radius 2 is 1.69 bits per heavy atom. The van der Waals surface area contributed by atoms with Gasteiger partial charge in [0, 0.05) is 19.6 Å². The van der Waals surface area contributed by atoms with E-state index in [4.69, 9.17) is 14.2 Å². The number of anilines is 2. The summed E-state index contributed by atoms with van der Waals surface area (Å²) in [5.41, 5.74) is 2.39. The Hall–Kier alpha value is -3.04. The van der Waals surface area contributed by atoms with Crippen molar-refractivity contribution in [3.63, 3.8) is 0 Å². The number of rotatable bonds is 13. The summed E-state index contributed by atoms with van der Waals surface area (Å²) in [6.45, 7) is 5.42. The number of benzene rings is 2. The average molecular weight is 498 g/mol. The van der Waals surface area contributed by atoms with Crippen molar-refractivity contribution in [2.45, 2.75) is 38.8 Å². The lowest BCUT2D eigenvalue weighted by Gasteiger charge is -2.26. The molecule has 9 heteroatoms. The highest BCUT2D eigenvalue weighted by molar-refractivity contribution is 6.99. The molecular formula is C26H35N5O3S. The molecule has 1 aliphatic heterocycles. The minimum absolute atomic E-state index is 0.608. The molecule has 188 valence electrons. The van der Waals surface area contributed by atoms with Gasteiger partial charge in [0.25, 0.3) is 0 Å². The lowest BCUT2D eigenvalue weighted by Crippen LogP contribution is -2.29. The van der Waals surface area contributed by atoms with E-state index < -0.39 is 0 Å². The molecule has 0 atom stereocenters. The van der Waals surface area contributed by atoms with Gasteiger partial charge in [-0.2, -0.15) is 8.75 Å². The molecule has 0 saturated carbocycles. The first kappa shape index (κ1) is 25.1. The fourth-order valence-electron chi connectivity index (χ4n) is 4.18. The van der Waals surface area contributed by atoms with Crippen LogP contribution in [0, 0.1) is 0 Å². The van der Waals surface area contributed by atoms with Gasteiger partial charge in [0.1, 0.15) is 5.75 Å². The molecule has 1 fully saturated rings. The normalized spacial score (nSPS) is 13.9. The fourth-order valence-corrected chi connectivity index (χ4v) is 4.68. The number of aromatic nitrogens is 2. The molecule has 1 aromatic heterocycles. The molecule has 2 aromatic carbocycles. The van der Waals surface area contributed by atoms with E-state index in [0.29, 0.717) is 24.7 Å². The standard InChI is InChI=1S/C26H35N5O3S/c1-32-23-11-10-20(17-24(23)33-2)18-28-26-25(29-35-30-26)27-12-7-15-34-22-9-6-8-21(16-22)19-31-13-4-3-5-14-31/h6,8-11,16-17H,3-5,7,12-15,18-19H2,1-2H3,(H,27,29)(H,28,30). The second-order valence-electron chi connectivity index (χ2n) is 8.62. The largest absolute Gasteiger partial charge is 0.494 e. The van der Waals surface area contributed by atoms with E-state index in [1.54, 1.807) is 14.2 Å². The number of nitrogens with zero attached hydrogens (tertiary/aromatic N) is 3. The molecule has 0 bridgehead atoms.